The first-order valence-electron chi connectivity index (χ1n) is 7.51. The summed E-state index contributed by atoms with van der Waals surface area (Å²) in [4.78, 5) is 13.5. The van der Waals surface area contributed by atoms with Gasteiger partial charge in [-0.15, -0.1) is 11.8 Å². The summed E-state index contributed by atoms with van der Waals surface area (Å²) in [5.41, 5.74) is 1.80. The number of nitrogens with one attached hydrogen (secondary N) is 1. The van der Waals surface area contributed by atoms with Gasteiger partial charge in [-0.3, -0.25) is 4.79 Å². The van der Waals surface area contributed by atoms with Crippen molar-refractivity contribution < 1.29 is 13.9 Å². The molecule has 23 heavy (non-hydrogen) atoms. The molecule has 1 amide bonds. The van der Waals surface area contributed by atoms with Gasteiger partial charge in [0, 0.05) is 10.6 Å². The van der Waals surface area contributed by atoms with E-state index in [1.807, 2.05) is 23.9 Å². The first kappa shape index (κ1) is 15.9. The highest BCUT2D eigenvalue weighted by Gasteiger charge is 2.22. The number of halogens is 1. The molecule has 1 aliphatic heterocycles. The number of hydrogen-bond donors (Lipinski definition) is 1. The van der Waals surface area contributed by atoms with E-state index in [4.69, 9.17) is 4.74 Å². The quantitative estimate of drug-likeness (QED) is 0.928. The van der Waals surface area contributed by atoms with Crippen LogP contribution in [0.15, 0.2) is 47.4 Å². The third-order valence-corrected chi connectivity index (χ3v) is 5.00. The van der Waals surface area contributed by atoms with Crippen LogP contribution in [-0.4, -0.2) is 18.8 Å². The molecule has 1 heterocycles. The average Bonchev–Trinajstić information content (AvgIpc) is 2.55. The lowest BCUT2D eigenvalue weighted by Crippen LogP contribution is -2.31. The fraction of sp³-hybridized carbons (Fsp3) is 0.278. The Hall–Kier alpha value is -2.01. The van der Waals surface area contributed by atoms with Crippen molar-refractivity contribution in [3.63, 3.8) is 0 Å². The molecule has 3 rings (SSSR count). The van der Waals surface area contributed by atoms with E-state index >= 15 is 0 Å². The number of benzene rings is 2. The topological polar surface area (TPSA) is 38.3 Å². The van der Waals surface area contributed by atoms with Crippen LogP contribution in [0.25, 0.3) is 0 Å². The lowest BCUT2D eigenvalue weighted by Gasteiger charge is -2.25. The molecule has 2 aromatic rings. The molecule has 1 aliphatic rings. The van der Waals surface area contributed by atoms with E-state index in [1.165, 1.54) is 18.1 Å². The maximum Gasteiger partial charge on any atom is 0.224 e. The summed E-state index contributed by atoms with van der Waals surface area (Å²) < 4.78 is 18.6. The zero-order valence-electron chi connectivity index (χ0n) is 12.8. The second kappa shape index (κ2) is 7.04. The Balaban J connectivity index is 1.67. The van der Waals surface area contributed by atoms with E-state index in [9.17, 15) is 9.18 Å². The largest absolute Gasteiger partial charge is 0.494 e. The number of hydrogen-bond acceptors (Lipinski definition) is 3. The lowest BCUT2D eigenvalue weighted by molar-refractivity contribution is -0.121. The Morgan fingerprint density at radius 1 is 1.35 bits per heavy atom. The second-order valence-corrected chi connectivity index (χ2v) is 6.58. The van der Waals surface area contributed by atoms with Gasteiger partial charge in [-0.25, -0.2) is 4.39 Å². The molecule has 1 atom stereocenters. The van der Waals surface area contributed by atoms with E-state index in [0.717, 1.165) is 17.7 Å². The van der Waals surface area contributed by atoms with Crippen LogP contribution >= 0.6 is 11.8 Å². The molecule has 0 aliphatic carbocycles. The molecule has 0 saturated heterocycles. The molecule has 0 bridgehead atoms. The van der Waals surface area contributed by atoms with Crippen LogP contribution in [0.1, 0.15) is 23.6 Å². The van der Waals surface area contributed by atoms with E-state index in [-0.39, 0.29) is 24.1 Å². The van der Waals surface area contributed by atoms with E-state index < -0.39 is 5.82 Å². The van der Waals surface area contributed by atoms with Crippen LogP contribution < -0.4 is 10.1 Å². The molecule has 0 aromatic heterocycles. The van der Waals surface area contributed by atoms with Crippen molar-refractivity contribution in [2.75, 3.05) is 12.9 Å². The van der Waals surface area contributed by atoms with Crippen LogP contribution in [0.5, 0.6) is 5.75 Å². The SMILES string of the molecule is COc1ccc(CC(=O)N[C@H]2CCSc3ccccc32)cc1F. The summed E-state index contributed by atoms with van der Waals surface area (Å²) >= 11 is 1.81. The predicted molar refractivity (Wildman–Crippen MR) is 89.3 cm³/mol. The molecule has 2 aromatic carbocycles. The van der Waals surface area contributed by atoms with Gasteiger partial charge in [0.05, 0.1) is 19.6 Å². The number of thioether (sulfide) groups is 1. The Labute approximate surface area is 139 Å². The number of fused-ring (bicyclic) bond motifs is 1. The smallest absolute Gasteiger partial charge is 0.224 e. The first-order chi connectivity index (χ1) is 11.2. The maximum absolute atomic E-state index is 13.7. The monoisotopic (exact) mass is 331 g/mol. The van der Waals surface area contributed by atoms with Gasteiger partial charge < -0.3 is 10.1 Å². The number of carbonyl (C=O) groups is 1. The van der Waals surface area contributed by atoms with Crippen LogP contribution in [0.3, 0.4) is 0 Å². The Morgan fingerprint density at radius 3 is 2.96 bits per heavy atom. The fourth-order valence-electron chi connectivity index (χ4n) is 2.74. The molecule has 3 nitrogen and oxygen atoms in total. The minimum Gasteiger partial charge on any atom is -0.494 e. The van der Waals surface area contributed by atoms with Crippen molar-refractivity contribution >= 4 is 17.7 Å². The average molecular weight is 331 g/mol. The van der Waals surface area contributed by atoms with Gasteiger partial charge >= 0.3 is 0 Å². The highest BCUT2D eigenvalue weighted by atomic mass is 32.2. The highest BCUT2D eigenvalue weighted by Crippen LogP contribution is 2.35. The number of ether oxygens (including phenoxy) is 1. The fourth-order valence-corrected chi connectivity index (χ4v) is 3.87. The number of methoxy groups -OCH3 is 1. The van der Waals surface area contributed by atoms with Crippen molar-refractivity contribution in [3.05, 3.63) is 59.4 Å². The van der Waals surface area contributed by atoms with Gasteiger partial charge in [-0.05, 0) is 35.7 Å². The zero-order chi connectivity index (χ0) is 16.2. The molecule has 0 unspecified atom stereocenters. The summed E-state index contributed by atoms with van der Waals surface area (Å²) in [5.74, 6) is 0.630. The summed E-state index contributed by atoms with van der Waals surface area (Å²) in [7, 11) is 1.42. The molecular formula is C18H18FNO2S. The normalized spacial score (nSPS) is 16.5. The van der Waals surface area contributed by atoms with Crippen LogP contribution in [0, 0.1) is 5.82 Å². The molecule has 1 N–H and O–H groups in total. The molecule has 0 saturated carbocycles. The van der Waals surface area contributed by atoms with Gasteiger partial charge in [0.25, 0.3) is 0 Å². The Morgan fingerprint density at radius 2 is 2.17 bits per heavy atom. The van der Waals surface area contributed by atoms with Crippen LogP contribution in [-0.2, 0) is 11.2 Å². The Kier molecular flexibility index (Phi) is 4.86. The van der Waals surface area contributed by atoms with Crippen LogP contribution in [0.2, 0.25) is 0 Å². The summed E-state index contributed by atoms with van der Waals surface area (Å²) in [6.07, 6.45) is 1.07. The summed E-state index contributed by atoms with van der Waals surface area (Å²) in [6.45, 7) is 0. The van der Waals surface area contributed by atoms with Crippen molar-refractivity contribution in [2.45, 2.75) is 23.8 Å². The molecule has 5 heteroatoms. The summed E-state index contributed by atoms with van der Waals surface area (Å²) in [6, 6.07) is 12.8. The van der Waals surface area contributed by atoms with Crippen molar-refractivity contribution in [1.29, 1.82) is 0 Å². The highest BCUT2D eigenvalue weighted by molar-refractivity contribution is 7.99. The van der Waals surface area contributed by atoms with Gasteiger partial charge in [-0.2, -0.15) is 0 Å². The number of rotatable bonds is 4. The van der Waals surface area contributed by atoms with E-state index in [1.54, 1.807) is 12.1 Å². The van der Waals surface area contributed by atoms with Crippen LogP contribution in [0.4, 0.5) is 4.39 Å². The second-order valence-electron chi connectivity index (χ2n) is 5.44. The maximum atomic E-state index is 13.7. The van der Waals surface area contributed by atoms with Crippen molar-refractivity contribution in [3.8, 4) is 5.75 Å². The predicted octanol–water partition coefficient (Wildman–Crippen LogP) is 3.73. The van der Waals surface area contributed by atoms with Gasteiger partial charge in [0.2, 0.25) is 5.91 Å². The van der Waals surface area contributed by atoms with E-state index in [0.29, 0.717) is 5.56 Å². The molecule has 0 spiro atoms. The summed E-state index contributed by atoms with van der Waals surface area (Å²) in [5, 5.41) is 3.07. The zero-order valence-corrected chi connectivity index (χ0v) is 13.7. The van der Waals surface area contributed by atoms with Gasteiger partial charge in [0.1, 0.15) is 0 Å². The van der Waals surface area contributed by atoms with Crippen molar-refractivity contribution in [2.24, 2.45) is 0 Å². The first-order valence-corrected chi connectivity index (χ1v) is 8.49. The lowest BCUT2D eigenvalue weighted by atomic mass is 10.0. The molecule has 120 valence electrons. The molecule has 0 fully saturated rings. The minimum absolute atomic E-state index is 0.0306. The van der Waals surface area contributed by atoms with Gasteiger partial charge in [0.15, 0.2) is 11.6 Å². The standard InChI is InChI=1S/C18H18FNO2S/c1-22-16-7-6-12(10-14(16)19)11-18(21)20-15-8-9-23-17-5-3-2-4-13(15)17/h2-7,10,15H,8-9,11H2,1H3,(H,20,21)/t15-/m0/s1. The third-order valence-electron chi connectivity index (χ3n) is 3.87. The number of amides is 1. The number of carbonyl (C=O) groups excluding carboxylic acids is 1. The third kappa shape index (κ3) is 3.67. The van der Waals surface area contributed by atoms with Gasteiger partial charge in [-0.1, -0.05) is 24.3 Å². The Bertz CT molecular complexity index is 720. The van der Waals surface area contributed by atoms with E-state index in [2.05, 4.69) is 17.4 Å². The minimum atomic E-state index is -0.447. The van der Waals surface area contributed by atoms with Crippen molar-refractivity contribution in [1.82, 2.24) is 5.32 Å². The molecule has 0 radical (unpaired) electrons. The molecular weight excluding hydrogens is 313 g/mol.